The average Bonchev–Trinajstić information content (AvgIpc) is 3.49. The van der Waals surface area contributed by atoms with Gasteiger partial charge in [-0.25, -0.2) is 4.79 Å². The van der Waals surface area contributed by atoms with Crippen LogP contribution in [0, 0.1) is 17.8 Å². The Bertz CT molecular complexity index is 737. The lowest BCUT2D eigenvalue weighted by molar-refractivity contribution is -0.158. The van der Waals surface area contributed by atoms with E-state index in [9.17, 15) is 19.2 Å². The van der Waals surface area contributed by atoms with Crippen LogP contribution in [0.25, 0.3) is 0 Å². The number of carbonyl (C=O) groups excluding carboxylic acids is 4. The Morgan fingerprint density at radius 2 is 1.71 bits per heavy atom. The number of amides is 1. The summed E-state index contributed by atoms with van der Waals surface area (Å²) in [6.07, 6.45) is 2.13. The van der Waals surface area contributed by atoms with Gasteiger partial charge in [0.2, 0.25) is 0 Å². The van der Waals surface area contributed by atoms with Gasteiger partial charge in [-0.1, -0.05) is 0 Å². The van der Waals surface area contributed by atoms with Crippen molar-refractivity contribution in [3.05, 3.63) is 11.3 Å². The third-order valence-corrected chi connectivity index (χ3v) is 5.01. The van der Waals surface area contributed by atoms with Gasteiger partial charge in [0.25, 0.3) is 5.91 Å². The molecule has 1 fully saturated rings. The number of hydrogen-bond acceptors (Lipinski definition) is 8. The maximum atomic E-state index is 12.8. The van der Waals surface area contributed by atoms with E-state index in [4.69, 9.17) is 14.2 Å². The molecule has 1 amide bonds. The van der Waals surface area contributed by atoms with Gasteiger partial charge in [0, 0.05) is 17.5 Å². The molecule has 1 aliphatic heterocycles. The molecule has 0 saturated heterocycles. The molecule has 0 radical (unpaired) electrons. The topological polar surface area (TPSA) is 120 Å². The van der Waals surface area contributed by atoms with E-state index in [2.05, 4.69) is 10.3 Å². The van der Waals surface area contributed by atoms with Crippen LogP contribution in [0.3, 0.4) is 0 Å². The van der Waals surface area contributed by atoms with Crippen LogP contribution in [0.15, 0.2) is 16.3 Å². The zero-order chi connectivity index (χ0) is 21.0. The number of nitrogens with one attached hydrogen (secondary N) is 1. The van der Waals surface area contributed by atoms with Crippen molar-refractivity contribution in [2.24, 2.45) is 22.7 Å². The van der Waals surface area contributed by atoms with Crippen molar-refractivity contribution in [1.29, 1.82) is 0 Å². The van der Waals surface area contributed by atoms with Gasteiger partial charge in [-0.15, -0.1) is 0 Å². The summed E-state index contributed by atoms with van der Waals surface area (Å²) in [7, 11) is 2.34. The molecule has 0 aromatic heterocycles. The number of nitrogens with zero attached hydrogens (tertiary/aromatic N) is 1. The van der Waals surface area contributed by atoms with Crippen LogP contribution in [0.5, 0.6) is 0 Å². The molecule has 1 unspecified atom stereocenters. The van der Waals surface area contributed by atoms with Crippen LogP contribution in [0.1, 0.15) is 33.6 Å². The Balaban J connectivity index is 2.18. The first-order chi connectivity index (χ1) is 13.2. The summed E-state index contributed by atoms with van der Waals surface area (Å²) in [5.41, 5.74) is 0.476. The summed E-state index contributed by atoms with van der Waals surface area (Å²) >= 11 is 0. The van der Waals surface area contributed by atoms with Crippen LogP contribution >= 0.6 is 0 Å². The average molecular weight is 394 g/mol. The van der Waals surface area contributed by atoms with Crippen LogP contribution in [-0.4, -0.2) is 56.4 Å². The molecule has 1 aliphatic carbocycles. The molecule has 0 aromatic rings. The number of esters is 3. The van der Waals surface area contributed by atoms with Crippen LogP contribution in [0.2, 0.25) is 0 Å². The van der Waals surface area contributed by atoms with Crippen molar-refractivity contribution in [1.82, 2.24) is 5.32 Å². The molecule has 0 spiro atoms. The first-order valence-electron chi connectivity index (χ1n) is 9.09. The summed E-state index contributed by atoms with van der Waals surface area (Å²) in [5.74, 6) is -4.84. The smallest absolute Gasteiger partial charge is 0.336 e. The monoisotopic (exact) mass is 394 g/mol. The fraction of sp³-hybridized carbons (Fsp3) is 0.632. The number of rotatable bonds is 7. The Labute approximate surface area is 163 Å². The van der Waals surface area contributed by atoms with Gasteiger partial charge in [0.1, 0.15) is 11.8 Å². The number of carbonyl (C=O) groups is 4. The van der Waals surface area contributed by atoms with Gasteiger partial charge >= 0.3 is 17.9 Å². The fourth-order valence-corrected chi connectivity index (χ4v) is 3.34. The van der Waals surface area contributed by atoms with E-state index in [1.54, 1.807) is 6.92 Å². The number of aliphatic imine (C=N–C) groups is 1. The molecule has 1 heterocycles. The molecule has 2 aliphatic rings. The Morgan fingerprint density at radius 3 is 2.25 bits per heavy atom. The predicted molar refractivity (Wildman–Crippen MR) is 98.1 cm³/mol. The van der Waals surface area contributed by atoms with Gasteiger partial charge in [0.15, 0.2) is 6.61 Å². The molecule has 9 nitrogen and oxygen atoms in total. The van der Waals surface area contributed by atoms with E-state index < -0.39 is 42.3 Å². The van der Waals surface area contributed by atoms with Gasteiger partial charge in [-0.2, -0.15) is 0 Å². The molecule has 154 valence electrons. The van der Waals surface area contributed by atoms with E-state index in [1.807, 2.05) is 6.92 Å². The lowest BCUT2D eigenvalue weighted by Gasteiger charge is -2.29. The van der Waals surface area contributed by atoms with Gasteiger partial charge in [0.05, 0.1) is 19.8 Å². The minimum absolute atomic E-state index is 0.00542. The van der Waals surface area contributed by atoms with Crippen molar-refractivity contribution >= 4 is 29.5 Å². The van der Waals surface area contributed by atoms with Crippen molar-refractivity contribution in [2.75, 3.05) is 20.8 Å². The summed E-state index contributed by atoms with van der Waals surface area (Å²) in [6, 6.07) is 0.00542. The highest BCUT2D eigenvalue weighted by Gasteiger charge is 2.46. The van der Waals surface area contributed by atoms with Gasteiger partial charge in [-0.3, -0.25) is 19.4 Å². The number of ether oxygens (including phenoxy) is 3. The van der Waals surface area contributed by atoms with Gasteiger partial charge < -0.3 is 19.5 Å². The summed E-state index contributed by atoms with van der Waals surface area (Å²) in [6.45, 7) is 4.48. The first kappa shape index (κ1) is 21.6. The minimum Gasteiger partial charge on any atom is -0.468 e. The second-order valence-electron chi connectivity index (χ2n) is 7.02. The number of methoxy groups -OCH3 is 2. The highest BCUT2D eigenvalue weighted by Crippen LogP contribution is 2.34. The lowest BCUT2D eigenvalue weighted by atomic mass is 9.80. The van der Waals surface area contributed by atoms with E-state index in [0.29, 0.717) is 11.6 Å². The summed E-state index contributed by atoms with van der Waals surface area (Å²) in [4.78, 5) is 53.5. The van der Waals surface area contributed by atoms with E-state index in [1.165, 1.54) is 14.0 Å². The van der Waals surface area contributed by atoms with Crippen molar-refractivity contribution in [3.63, 3.8) is 0 Å². The SMILES string of the molecule is COC(=O)C1=C(C)N=C(C)C(C(=O)OC)[C@@H]1C(=O)OCC(=O)N[C@@H](C)C1CC1. The van der Waals surface area contributed by atoms with Gasteiger partial charge in [-0.05, 0) is 39.5 Å². The highest BCUT2D eigenvalue weighted by atomic mass is 16.5. The fourth-order valence-electron chi connectivity index (χ4n) is 3.34. The van der Waals surface area contributed by atoms with E-state index in [-0.39, 0.29) is 17.3 Å². The largest absolute Gasteiger partial charge is 0.468 e. The van der Waals surface area contributed by atoms with E-state index >= 15 is 0 Å². The van der Waals surface area contributed by atoms with E-state index in [0.717, 1.165) is 20.0 Å². The number of hydrogen-bond donors (Lipinski definition) is 1. The van der Waals surface area contributed by atoms with Crippen LogP contribution in [0.4, 0.5) is 0 Å². The third kappa shape index (κ3) is 4.76. The maximum Gasteiger partial charge on any atom is 0.336 e. The lowest BCUT2D eigenvalue weighted by Crippen LogP contribution is -2.43. The zero-order valence-electron chi connectivity index (χ0n) is 16.7. The molecule has 2 rings (SSSR count). The molecule has 9 heteroatoms. The molecular weight excluding hydrogens is 368 g/mol. The molecule has 1 N–H and O–H groups in total. The molecule has 1 saturated carbocycles. The molecule has 0 bridgehead atoms. The number of allylic oxidation sites excluding steroid dienone is 1. The normalized spacial score (nSPS) is 22.7. The molecule has 0 aromatic carbocycles. The van der Waals surface area contributed by atoms with Crippen LogP contribution < -0.4 is 5.32 Å². The quantitative estimate of drug-likeness (QED) is 0.500. The predicted octanol–water partition coefficient (Wildman–Crippen LogP) is 0.771. The maximum absolute atomic E-state index is 12.8. The first-order valence-corrected chi connectivity index (χ1v) is 9.09. The molecule has 28 heavy (non-hydrogen) atoms. The Hall–Kier alpha value is -2.71. The third-order valence-electron chi connectivity index (χ3n) is 5.01. The molecule has 3 atom stereocenters. The Kier molecular flexibility index (Phi) is 6.93. The van der Waals surface area contributed by atoms with Crippen LogP contribution in [-0.2, 0) is 33.4 Å². The zero-order valence-corrected chi connectivity index (χ0v) is 16.7. The minimum atomic E-state index is -1.30. The second kappa shape index (κ2) is 8.99. The second-order valence-corrected chi connectivity index (χ2v) is 7.02. The molecular formula is C19H26N2O7. The van der Waals surface area contributed by atoms with Crippen molar-refractivity contribution < 1.29 is 33.4 Å². The Morgan fingerprint density at radius 1 is 1.07 bits per heavy atom. The summed E-state index contributed by atoms with van der Waals surface area (Å²) < 4.78 is 14.6. The van der Waals surface area contributed by atoms with Crippen molar-refractivity contribution in [3.8, 4) is 0 Å². The van der Waals surface area contributed by atoms with Crippen molar-refractivity contribution in [2.45, 2.75) is 39.7 Å². The summed E-state index contributed by atoms with van der Waals surface area (Å²) in [5, 5.41) is 2.77. The highest BCUT2D eigenvalue weighted by molar-refractivity contribution is 6.10. The standard InChI is InChI=1S/C19H26N2O7/c1-9(12-6-7-12)21-13(22)8-28-19(25)16-14(17(23)26-4)10(2)20-11(3)15(16)18(24)27-5/h9,12,14,16H,6-8H2,1-5H3,(H,21,22)/t9-,14?,16-/m0/s1.